The number of nitrogens with zero attached hydrogens (tertiary/aromatic N) is 5. The highest BCUT2D eigenvalue weighted by molar-refractivity contribution is 6.33. The number of carbonyl (C=O) groups is 1. The molecule has 5 rings (SSSR count). The van der Waals surface area contributed by atoms with Crippen molar-refractivity contribution >= 4 is 52.4 Å². The zero-order chi connectivity index (χ0) is 24.4. The number of fused-ring (bicyclic) bond motifs is 1. The van der Waals surface area contributed by atoms with Crippen molar-refractivity contribution in [2.75, 3.05) is 10.7 Å². The molecule has 3 heterocycles. The highest BCUT2D eigenvalue weighted by atomic mass is 35.5. The number of halogens is 2. The van der Waals surface area contributed by atoms with Gasteiger partial charge in [0.2, 0.25) is 11.3 Å². The lowest BCUT2D eigenvalue weighted by molar-refractivity contribution is 0.0697. The van der Waals surface area contributed by atoms with Crippen molar-refractivity contribution in [3.05, 3.63) is 76.8 Å². The number of hydrazone groups is 1. The topological polar surface area (TPSA) is 152 Å². The predicted octanol–water partition coefficient (Wildman–Crippen LogP) is 4.95. The lowest BCUT2D eigenvalue weighted by Gasteiger charge is -2.09. The zero-order valence-electron chi connectivity index (χ0n) is 17.4. The van der Waals surface area contributed by atoms with Crippen LogP contribution in [0.2, 0.25) is 5.02 Å². The molecule has 0 radical (unpaired) electrons. The number of hydrogen-bond donors (Lipinski definition) is 3. The van der Waals surface area contributed by atoms with Crippen LogP contribution in [-0.2, 0) is 0 Å². The van der Waals surface area contributed by atoms with E-state index in [0.717, 1.165) is 0 Å². The molecule has 5 aromatic rings. The van der Waals surface area contributed by atoms with Crippen molar-refractivity contribution in [2.24, 2.45) is 5.10 Å². The summed E-state index contributed by atoms with van der Waals surface area (Å²) >= 11 is 5.92. The molecule has 0 atom stereocenters. The molecule has 0 aliphatic carbocycles. The smallest absolute Gasteiger partial charge is 0.337 e. The molecule has 3 aromatic heterocycles. The summed E-state index contributed by atoms with van der Waals surface area (Å²) in [5, 5.41) is 23.9. The first kappa shape index (κ1) is 22.0. The van der Waals surface area contributed by atoms with Crippen LogP contribution in [0.4, 0.5) is 21.7 Å². The maximum absolute atomic E-state index is 13.2. The molecule has 11 nitrogen and oxygen atoms in total. The van der Waals surface area contributed by atoms with Crippen LogP contribution >= 0.6 is 11.6 Å². The SMILES string of the molecule is O=C(O)c1cc(-c2ccc(/C=N\Nc3nc4nonc4nc3Nc3ccc(F)cc3)o2)ccc1Cl. The Bertz CT molecular complexity index is 1570. The Balaban J connectivity index is 1.37. The Morgan fingerprint density at radius 1 is 1.03 bits per heavy atom. The van der Waals surface area contributed by atoms with Crippen LogP contribution in [0, 0.1) is 5.82 Å². The average Bonchev–Trinajstić information content (AvgIpc) is 3.50. The van der Waals surface area contributed by atoms with Crippen LogP contribution in [0.5, 0.6) is 0 Å². The molecule has 0 saturated carbocycles. The summed E-state index contributed by atoms with van der Waals surface area (Å²) in [7, 11) is 0. The first-order valence-corrected chi connectivity index (χ1v) is 10.3. The number of rotatable bonds is 7. The van der Waals surface area contributed by atoms with E-state index in [1.54, 1.807) is 18.2 Å². The summed E-state index contributed by atoms with van der Waals surface area (Å²) in [4.78, 5) is 19.9. The van der Waals surface area contributed by atoms with E-state index in [0.29, 0.717) is 22.8 Å². The molecule has 13 heteroatoms. The van der Waals surface area contributed by atoms with Gasteiger partial charge < -0.3 is 14.8 Å². The number of carboxylic acids is 1. The van der Waals surface area contributed by atoms with E-state index < -0.39 is 5.97 Å². The highest BCUT2D eigenvalue weighted by Crippen LogP contribution is 2.27. The molecule has 0 unspecified atom stereocenters. The molecule has 0 aliphatic rings. The van der Waals surface area contributed by atoms with Gasteiger partial charge in [-0.1, -0.05) is 11.6 Å². The summed E-state index contributed by atoms with van der Waals surface area (Å²) in [6.45, 7) is 0. The number of nitrogens with one attached hydrogen (secondary N) is 2. The summed E-state index contributed by atoms with van der Waals surface area (Å²) in [5.74, 6) is -0.261. The normalized spacial score (nSPS) is 11.3. The van der Waals surface area contributed by atoms with E-state index in [-0.39, 0.29) is 39.3 Å². The van der Waals surface area contributed by atoms with Crippen molar-refractivity contribution in [1.82, 2.24) is 20.3 Å². The first-order valence-electron chi connectivity index (χ1n) is 9.91. The molecule has 3 N–H and O–H groups in total. The van der Waals surface area contributed by atoms with Crippen molar-refractivity contribution in [3.8, 4) is 11.3 Å². The average molecular weight is 494 g/mol. The lowest BCUT2D eigenvalue weighted by Crippen LogP contribution is -2.03. The predicted molar refractivity (Wildman–Crippen MR) is 124 cm³/mol. The fourth-order valence-electron chi connectivity index (χ4n) is 3.05. The Morgan fingerprint density at radius 2 is 1.77 bits per heavy atom. The van der Waals surface area contributed by atoms with Crippen LogP contribution in [0.15, 0.2) is 68.7 Å². The molecular formula is C22H13ClFN7O4. The highest BCUT2D eigenvalue weighted by Gasteiger charge is 2.14. The molecule has 0 saturated heterocycles. The molecule has 2 aromatic carbocycles. The molecule has 35 heavy (non-hydrogen) atoms. The second-order valence-electron chi connectivity index (χ2n) is 7.04. The van der Waals surface area contributed by atoms with Crippen LogP contribution < -0.4 is 10.7 Å². The van der Waals surface area contributed by atoms with Gasteiger partial charge in [0.25, 0.3) is 0 Å². The Kier molecular flexibility index (Phi) is 5.77. The van der Waals surface area contributed by atoms with E-state index in [9.17, 15) is 14.3 Å². The quantitative estimate of drug-likeness (QED) is 0.209. The van der Waals surface area contributed by atoms with Gasteiger partial charge in [0.1, 0.15) is 17.3 Å². The minimum Gasteiger partial charge on any atom is -0.478 e. The molecule has 0 fully saturated rings. The van der Waals surface area contributed by atoms with E-state index >= 15 is 0 Å². The minimum atomic E-state index is -1.14. The Morgan fingerprint density at radius 3 is 2.51 bits per heavy atom. The number of aromatic carboxylic acids is 1. The molecule has 0 aliphatic heterocycles. The third-order valence-corrected chi connectivity index (χ3v) is 5.02. The zero-order valence-corrected chi connectivity index (χ0v) is 18.2. The fourth-order valence-corrected chi connectivity index (χ4v) is 3.25. The van der Waals surface area contributed by atoms with Gasteiger partial charge >= 0.3 is 5.97 Å². The maximum Gasteiger partial charge on any atom is 0.337 e. The van der Waals surface area contributed by atoms with Gasteiger partial charge in [-0.25, -0.2) is 18.8 Å². The Hall–Kier alpha value is -4.84. The largest absolute Gasteiger partial charge is 0.478 e. The van der Waals surface area contributed by atoms with Crippen LogP contribution in [0.3, 0.4) is 0 Å². The first-order chi connectivity index (χ1) is 17.0. The van der Waals surface area contributed by atoms with Crippen LogP contribution in [0.25, 0.3) is 22.6 Å². The van der Waals surface area contributed by atoms with E-state index in [1.807, 2.05) is 0 Å². The summed E-state index contributed by atoms with van der Waals surface area (Å²) in [5.41, 5.74) is 4.14. The summed E-state index contributed by atoms with van der Waals surface area (Å²) in [6, 6.07) is 13.6. The van der Waals surface area contributed by atoms with E-state index in [4.69, 9.17) is 16.0 Å². The minimum absolute atomic E-state index is 0.0325. The lowest BCUT2D eigenvalue weighted by atomic mass is 10.1. The van der Waals surface area contributed by atoms with E-state index in [1.165, 1.54) is 42.6 Å². The van der Waals surface area contributed by atoms with Crippen LogP contribution in [0.1, 0.15) is 16.1 Å². The summed E-state index contributed by atoms with van der Waals surface area (Å²) < 4.78 is 23.6. The van der Waals surface area contributed by atoms with Crippen molar-refractivity contribution in [2.45, 2.75) is 0 Å². The van der Waals surface area contributed by atoms with Gasteiger partial charge in [0, 0.05) is 11.3 Å². The Labute approximate surface area is 200 Å². The fraction of sp³-hybridized carbons (Fsp3) is 0. The number of hydrogen-bond acceptors (Lipinski definition) is 10. The van der Waals surface area contributed by atoms with Crippen molar-refractivity contribution < 1.29 is 23.3 Å². The van der Waals surface area contributed by atoms with Crippen molar-refractivity contribution in [3.63, 3.8) is 0 Å². The third-order valence-electron chi connectivity index (χ3n) is 4.69. The number of aromatic nitrogens is 4. The second-order valence-corrected chi connectivity index (χ2v) is 7.44. The van der Waals surface area contributed by atoms with Gasteiger partial charge in [0.15, 0.2) is 11.6 Å². The van der Waals surface area contributed by atoms with Gasteiger partial charge in [0.05, 0.1) is 16.8 Å². The molecule has 174 valence electrons. The number of furan rings is 1. The summed E-state index contributed by atoms with van der Waals surface area (Å²) in [6.07, 6.45) is 1.39. The molecule has 0 bridgehead atoms. The second kappa shape index (κ2) is 9.19. The third kappa shape index (κ3) is 4.77. The number of carboxylic acid groups (broad SMARTS) is 1. The van der Waals surface area contributed by atoms with Crippen LogP contribution in [-0.4, -0.2) is 37.6 Å². The molecular weight excluding hydrogens is 481 g/mol. The number of anilines is 3. The van der Waals surface area contributed by atoms with E-state index in [2.05, 4.69) is 40.8 Å². The monoisotopic (exact) mass is 493 g/mol. The number of benzene rings is 2. The van der Waals surface area contributed by atoms with Gasteiger partial charge in [-0.3, -0.25) is 5.43 Å². The molecule has 0 amide bonds. The van der Waals surface area contributed by atoms with Gasteiger partial charge in [-0.2, -0.15) is 10.1 Å². The molecule has 0 spiro atoms. The van der Waals surface area contributed by atoms with Gasteiger partial charge in [-0.15, -0.1) is 0 Å². The standard InChI is InChI=1S/C22H13ClFN7O4/c23-16-7-1-11(9-15(16)22(32)33)17-8-6-14(34-17)10-25-29-19-18(26-13-4-2-12(24)3-5-13)27-20-21(28-19)31-35-30-20/h1-10H,(H,32,33)(H,26,27,30)(H,28,29,31)/b25-10-. The maximum atomic E-state index is 13.2. The van der Waals surface area contributed by atoms with Gasteiger partial charge in [-0.05, 0) is 64.9 Å². The van der Waals surface area contributed by atoms with Crippen molar-refractivity contribution in [1.29, 1.82) is 0 Å².